The molecule has 1 amide bonds. The highest BCUT2D eigenvalue weighted by molar-refractivity contribution is 7.91. The number of benzene rings is 1. The van der Waals surface area contributed by atoms with Crippen LogP contribution >= 0.6 is 11.3 Å². The van der Waals surface area contributed by atoms with E-state index in [0.717, 1.165) is 45.3 Å². The highest BCUT2D eigenvalue weighted by atomic mass is 32.2. The molecule has 0 spiro atoms. The fourth-order valence-corrected chi connectivity index (χ4v) is 7.20. The van der Waals surface area contributed by atoms with Gasteiger partial charge in [-0.15, -0.1) is 0 Å². The second kappa shape index (κ2) is 10.1. The second-order valence-corrected chi connectivity index (χ2v) is 12.0. The van der Waals surface area contributed by atoms with Gasteiger partial charge in [-0.05, 0) is 31.5 Å². The van der Waals surface area contributed by atoms with Crippen molar-refractivity contribution in [2.45, 2.75) is 36.3 Å². The summed E-state index contributed by atoms with van der Waals surface area (Å²) in [5, 5.41) is 15.9. The number of halogens is 5. The lowest BCUT2D eigenvalue weighted by Crippen LogP contribution is -2.29. The van der Waals surface area contributed by atoms with Crippen molar-refractivity contribution < 1.29 is 40.3 Å². The number of aliphatic hydroxyl groups excluding tert-OH is 1. The largest absolute Gasteiger partial charge is 0.416 e. The molecule has 1 atom stereocenters. The van der Waals surface area contributed by atoms with Crippen molar-refractivity contribution in [3.8, 4) is 11.3 Å². The first kappa shape index (κ1) is 28.0. The van der Waals surface area contributed by atoms with E-state index in [9.17, 15) is 40.3 Å². The standard InChI is InChI=1S/C23H19F5N6O4S2/c1-11-21(40(37,38)33-7-6-14(35)10-33)39-22(30-11)32-20(36)15-9-29-34-17(18(24)25)8-16(31-19(15)34)12-2-4-13(5-3-12)23(26,27)28/h2-5,8-9,14,18,35H,6-7,10H2,1H3,(H,30,32,36). The average molecular weight is 603 g/mol. The van der Waals surface area contributed by atoms with E-state index in [0.29, 0.717) is 11.3 Å². The van der Waals surface area contributed by atoms with Gasteiger partial charge in [0.2, 0.25) is 0 Å². The molecule has 2 N–H and O–H groups in total. The summed E-state index contributed by atoms with van der Waals surface area (Å²) in [7, 11) is -3.97. The van der Waals surface area contributed by atoms with E-state index in [2.05, 4.69) is 20.4 Å². The third-order valence-corrected chi connectivity index (χ3v) is 9.68. The smallest absolute Gasteiger partial charge is 0.392 e. The Balaban J connectivity index is 1.48. The van der Waals surface area contributed by atoms with Crippen LogP contribution in [-0.2, 0) is 16.2 Å². The topological polar surface area (TPSA) is 130 Å². The Bertz CT molecular complexity index is 1700. The van der Waals surface area contributed by atoms with Gasteiger partial charge in [-0.3, -0.25) is 10.1 Å². The fourth-order valence-electron chi connectivity index (χ4n) is 4.17. The van der Waals surface area contributed by atoms with Crippen LogP contribution in [0.1, 0.15) is 40.2 Å². The number of aromatic nitrogens is 4. The van der Waals surface area contributed by atoms with Crippen molar-refractivity contribution in [2.75, 3.05) is 18.4 Å². The van der Waals surface area contributed by atoms with E-state index in [4.69, 9.17) is 0 Å². The van der Waals surface area contributed by atoms with E-state index < -0.39 is 45.9 Å². The third kappa shape index (κ3) is 5.16. The van der Waals surface area contributed by atoms with Crippen molar-refractivity contribution in [3.05, 3.63) is 59.0 Å². The number of alkyl halides is 5. The molecule has 3 aromatic heterocycles. The number of fused-ring (bicyclic) bond motifs is 1. The molecule has 0 saturated carbocycles. The Morgan fingerprint density at radius 2 is 1.90 bits per heavy atom. The van der Waals surface area contributed by atoms with Crippen LogP contribution in [0.5, 0.6) is 0 Å². The molecule has 40 heavy (non-hydrogen) atoms. The van der Waals surface area contributed by atoms with Crippen LogP contribution in [-0.4, -0.2) is 62.5 Å². The van der Waals surface area contributed by atoms with Crippen molar-refractivity contribution in [3.63, 3.8) is 0 Å². The number of nitrogens with one attached hydrogen (secondary N) is 1. The van der Waals surface area contributed by atoms with Gasteiger partial charge in [-0.25, -0.2) is 31.7 Å². The van der Waals surface area contributed by atoms with Gasteiger partial charge in [0.1, 0.15) is 11.3 Å². The molecule has 10 nitrogen and oxygen atoms in total. The van der Waals surface area contributed by atoms with E-state index in [1.54, 1.807) is 0 Å². The Morgan fingerprint density at radius 1 is 1.20 bits per heavy atom. The molecule has 4 heterocycles. The summed E-state index contributed by atoms with van der Waals surface area (Å²) in [6.07, 6.45) is -7.16. The fraction of sp³-hybridized carbons (Fsp3) is 0.304. The number of anilines is 1. The summed E-state index contributed by atoms with van der Waals surface area (Å²) in [5.41, 5.74) is -2.03. The minimum Gasteiger partial charge on any atom is -0.392 e. The Morgan fingerprint density at radius 3 is 2.50 bits per heavy atom. The molecule has 0 aliphatic carbocycles. The Labute approximate surface area is 227 Å². The molecule has 0 bridgehead atoms. The van der Waals surface area contributed by atoms with Gasteiger partial charge in [-0.2, -0.15) is 22.6 Å². The maximum Gasteiger partial charge on any atom is 0.416 e. The normalized spacial score (nSPS) is 16.8. The maximum absolute atomic E-state index is 13.9. The molecule has 1 aliphatic rings. The lowest BCUT2D eigenvalue weighted by Gasteiger charge is -2.14. The molecule has 1 saturated heterocycles. The van der Waals surface area contributed by atoms with Gasteiger partial charge in [0.25, 0.3) is 22.4 Å². The maximum atomic E-state index is 13.9. The number of carbonyl (C=O) groups excluding carboxylic acids is 1. The molecular formula is C23H19F5N6O4S2. The number of aryl methyl sites for hydroxylation is 1. The summed E-state index contributed by atoms with van der Waals surface area (Å²) in [4.78, 5) is 21.4. The molecule has 1 fully saturated rings. The predicted molar refractivity (Wildman–Crippen MR) is 133 cm³/mol. The number of sulfonamides is 1. The van der Waals surface area contributed by atoms with Crippen LogP contribution in [0, 0.1) is 6.92 Å². The van der Waals surface area contributed by atoms with Gasteiger partial charge >= 0.3 is 6.18 Å². The molecule has 1 aliphatic heterocycles. The van der Waals surface area contributed by atoms with E-state index >= 15 is 0 Å². The Hall–Kier alpha value is -3.54. The number of β-amino-alcohol motifs (C(OH)–C–C–N with tert-alkyl or cyclic N) is 1. The molecule has 0 radical (unpaired) electrons. The zero-order valence-corrected chi connectivity index (χ0v) is 22.0. The van der Waals surface area contributed by atoms with Gasteiger partial charge in [0.05, 0.1) is 29.3 Å². The van der Waals surface area contributed by atoms with Gasteiger partial charge < -0.3 is 5.11 Å². The summed E-state index contributed by atoms with van der Waals surface area (Å²) in [6.45, 7) is 1.50. The molecule has 1 unspecified atom stereocenters. The van der Waals surface area contributed by atoms with E-state index in [1.165, 1.54) is 6.92 Å². The first-order valence-corrected chi connectivity index (χ1v) is 13.8. The first-order valence-electron chi connectivity index (χ1n) is 11.6. The summed E-state index contributed by atoms with van der Waals surface area (Å²) >= 11 is 0.683. The highest BCUT2D eigenvalue weighted by Gasteiger charge is 2.35. The number of hydrogen-bond acceptors (Lipinski definition) is 8. The van der Waals surface area contributed by atoms with Crippen LogP contribution in [0.15, 0.2) is 40.7 Å². The quantitative estimate of drug-likeness (QED) is 0.318. The van der Waals surface area contributed by atoms with Crippen LogP contribution in [0.25, 0.3) is 16.9 Å². The summed E-state index contributed by atoms with van der Waals surface area (Å²) in [6, 6.07) is 4.68. The zero-order chi connectivity index (χ0) is 29.0. The molecule has 5 rings (SSSR count). The lowest BCUT2D eigenvalue weighted by molar-refractivity contribution is -0.137. The Kier molecular flexibility index (Phi) is 7.10. The molecule has 4 aromatic rings. The minimum absolute atomic E-state index is 0.0663. The van der Waals surface area contributed by atoms with Gasteiger partial charge in [0, 0.05) is 18.7 Å². The number of aliphatic hydroxyl groups is 1. The van der Waals surface area contributed by atoms with Crippen molar-refractivity contribution in [2.24, 2.45) is 0 Å². The van der Waals surface area contributed by atoms with Gasteiger partial charge in [0.15, 0.2) is 15.0 Å². The lowest BCUT2D eigenvalue weighted by atomic mass is 10.1. The minimum atomic E-state index is -4.59. The summed E-state index contributed by atoms with van der Waals surface area (Å²) in [5.74, 6) is -0.874. The van der Waals surface area contributed by atoms with E-state index in [1.807, 2.05) is 0 Å². The third-order valence-electron chi connectivity index (χ3n) is 6.15. The molecule has 1 aromatic carbocycles. The van der Waals surface area contributed by atoms with E-state index in [-0.39, 0.29) is 57.0 Å². The predicted octanol–water partition coefficient (Wildman–Crippen LogP) is 4.13. The number of nitrogens with zero attached hydrogens (tertiary/aromatic N) is 5. The number of carbonyl (C=O) groups is 1. The highest BCUT2D eigenvalue weighted by Crippen LogP contribution is 2.34. The zero-order valence-electron chi connectivity index (χ0n) is 20.4. The van der Waals surface area contributed by atoms with Crippen molar-refractivity contribution >= 4 is 38.0 Å². The van der Waals surface area contributed by atoms with Crippen LogP contribution in [0.3, 0.4) is 0 Å². The number of amides is 1. The van der Waals surface area contributed by atoms with Crippen molar-refractivity contribution in [1.29, 1.82) is 0 Å². The summed E-state index contributed by atoms with van der Waals surface area (Å²) < 4.78 is 94.2. The van der Waals surface area contributed by atoms with Gasteiger partial charge in [-0.1, -0.05) is 23.5 Å². The van der Waals surface area contributed by atoms with Crippen LogP contribution in [0.4, 0.5) is 27.1 Å². The van der Waals surface area contributed by atoms with Crippen LogP contribution in [0.2, 0.25) is 0 Å². The monoisotopic (exact) mass is 602 g/mol. The first-order chi connectivity index (χ1) is 18.8. The molecule has 212 valence electrons. The number of thiazole rings is 1. The number of hydrogen-bond donors (Lipinski definition) is 2. The molecular weight excluding hydrogens is 583 g/mol. The van der Waals surface area contributed by atoms with Crippen LogP contribution < -0.4 is 5.32 Å². The average Bonchev–Trinajstić information content (AvgIpc) is 3.61. The second-order valence-electron chi connectivity index (χ2n) is 8.89. The number of rotatable bonds is 6. The van der Waals surface area contributed by atoms with Crippen molar-refractivity contribution in [1.82, 2.24) is 23.9 Å². The SMILES string of the molecule is Cc1nc(NC(=O)c2cnn3c(C(F)F)cc(-c4ccc(C(F)(F)F)cc4)nc23)sc1S(=O)(=O)N1CCC(O)C1. The molecule has 17 heteroatoms.